The van der Waals surface area contributed by atoms with Gasteiger partial charge in [-0.05, 0) is 56.9 Å². The largest absolute Gasteiger partial charge is 0.330 e. The first-order valence-electron chi connectivity index (χ1n) is 6.32. The lowest BCUT2D eigenvalue weighted by Gasteiger charge is -2.38. The minimum atomic E-state index is 0.836. The van der Waals surface area contributed by atoms with Gasteiger partial charge in [0, 0.05) is 18.6 Å². The van der Waals surface area contributed by atoms with E-state index in [0.29, 0.717) is 0 Å². The second-order valence-corrected chi connectivity index (χ2v) is 5.60. The normalized spacial score (nSPS) is 43.1. The highest BCUT2D eigenvalue weighted by molar-refractivity contribution is 4.97. The molecule has 2 N–H and O–H groups in total. The van der Waals surface area contributed by atoms with Crippen molar-refractivity contribution in [3.63, 3.8) is 0 Å². The summed E-state index contributed by atoms with van der Waals surface area (Å²) >= 11 is 0. The van der Waals surface area contributed by atoms with E-state index >= 15 is 0 Å². The van der Waals surface area contributed by atoms with Crippen LogP contribution < -0.4 is 5.73 Å². The van der Waals surface area contributed by atoms with E-state index in [2.05, 4.69) is 4.90 Å². The van der Waals surface area contributed by atoms with Crippen molar-refractivity contribution in [3.8, 4) is 0 Å². The number of rotatable bonds is 3. The Labute approximate surface area is 86.8 Å². The molecule has 0 spiro atoms. The van der Waals surface area contributed by atoms with Crippen molar-refractivity contribution >= 4 is 0 Å². The Morgan fingerprint density at radius 2 is 1.57 bits per heavy atom. The first kappa shape index (κ1) is 9.17. The number of nitrogens with zero attached hydrogens (tertiary/aromatic N) is 1. The third-order valence-corrected chi connectivity index (χ3v) is 4.48. The van der Waals surface area contributed by atoms with Crippen LogP contribution >= 0.6 is 0 Å². The minimum Gasteiger partial charge on any atom is -0.330 e. The zero-order valence-corrected chi connectivity index (χ0v) is 8.99. The van der Waals surface area contributed by atoms with Crippen LogP contribution in [0.4, 0.5) is 0 Å². The molecular formula is C12H22N2. The van der Waals surface area contributed by atoms with E-state index in [4.69, 9.17) is 5.73 Å². The van der Waals surface area contributed by atoms with Gasteiger partial charge in [0.1, 0.15) is 0 Å². The SMILES string of the molecule is NCC1C[C@H]2CC[C@@H](C1)N2CC1CC1. The molecule has 2 bridgehead atoms. The van der Waals surface area contributed by atoms with Gasteiger partial charge < -0.3 is 5.73 Å². The van der Waals surface area contributed by atoms with E-state index in [1.807, 2.05) is 0 Å². The van der Waals surface area contributed by atoms with Crippen molar-refractivity contribution in [2.75, 3.05) is 13.1 Å². The van der Waals surface area contributed by atoms with Crippen LogP contribution in [-0.2, 0) is 0 Å². The summed E-state index contributed by atoms with van der Waals surface area (Å²) in [5, 5.41) is 0. The summed E-state index contributed by atoms with van der Waals surface area (Å²) in [6, 6.07) is 1.81. The van der Waals surface area contributed by atoms with E-state index in [0.717, 1.165) is 30.5 Å². The Hall–Kier alpha value is -0.0800. The molecule has 0 radical (unpaired) electrons. The van der Waals surface area contributed by atoms with Gasteiger partial charge in [-0.2, -0.15) is 0 Å². The molecule has 0 amide bonds. The molecule has 3 aliphatic rings. The predicted molar refractivity (Wildman–Crippen MR) is 58.0 cm³/mol. The van der Waals surface area contributed by atoms with Crippen LogP contribution in [0.5, 0.6) is 0 Å². The van der Waals surface area contributed by atoms with Crippen molar-refractivity contribution in [2.45, 2.75) is 50.6 Å². The molecule has 3 rings (SSSR count). The highest BCUT2D eigenvalue weighted by Gasteiger charge is 2.41. The predicted octanol–water partition coefficient (Wildman–Crippen LogP) is 1.60. The van der Waals surface area contributed by atoms with Gasteiger partial charge >= 0.3 is 0 Å². The topological polar surface area (TPSA) is 29.3 Å². The first-order valence-corrected chi connectivity index (χ1v) is 6.32. The molecule has 2 saturated heterocycles. The lowest BCUT2D eigenvalue weighted by molar-refractivity contribution is 0.101. The highest BCUT2D eigenvalue weighted by Crippen LogP contribution is 2.41. The summed E-state index contributed by atoms with van der Waals surface area (Å²) in [5.41, 5.74) is 5.80. The molecule has 14 heavy (non-hydrogen) atoms. The van der Waals surface area contributed by atoms with Crippen LogP contribution in [0.15, 0.2) is 0 Å². The lowest BCUT2D eigenvalue weighted by atomic mass is 9.90. The quantitative estimate of drug-likeness (QED) is 0.739. The molecule has 2 heteroatoms. The second-order valence-electron chi connectivity index (χ2n) is 5.60. The fourth-order valence-corrected chi connectivity index (χ4v) is 3.48. The number of fused-ring (bicyclic) bond motifs is 2. The average Bonchev–Trinajstić information content (AvgIpc) is 2.95. The smallest absolute Gasteiger partial charge is 0.0102 e. The maximum atomic E-state index is 5.80. The minimum absolute atomic E-state index is 0.836. The Morgan fingerprint density at radius 3 is 2.07 bits per heavy atom. The summed E-state index contributed by atoms with van der Waals surface area (Å²) in [7, 11) is 0. The van der Waals surface area contributed by atoms with Crippen LogP contribution in [0.25, 0.3) is 0 Å². The van der Waals surface area contributed by atoms with E-state index in [1.54, 1.807) is 0 Å². The van der Waals surface area contributed by atoms with Crippen LogP contribution in [0.2, 0.25) is 0 Å². The molecule has 3 fully saturated rings. The maximum Gasteiger partial charge on any atom is 0.0102 e. The Balaban J connectivity index is 1.64. The first-order chi connectivity index (χ1) is 6.86. The molecule has 2 heterocycles. The van der Waals surface area contributed by atoms with Crippen molar-refractivity contribution in [1.29, 1.82) is 0 Å². The highest BCUT2D eigenvalue weighted by atomic mass is 15.2. The van der Waals surface area contributed by atoms with Crippen LogP contribution in [0.3, 0.4) is 0 Å². The summed E-state index contributed by atoms with van der Waals surface area (Å²) < 4.78 is 0. The second kappa shape index (κ2) is 3.49. The van der Waals surface area contributed by atoms with Crippen molar-refractivity contribution in [3.05, 3.63) is 0 Å². The Kier molecular flexibility index (Phi) is 2.29. The van der Waals surface area contributed by atoms with Crippen molar-refractivity contribution in [2.24, 2.45) is 17.6 Å². The summed E-state index contributed by atoms with van der Waals surface area (Å²) in [6.45, 7) is 2.33. The van der Waals surface area contributed by atoms with Crippen LogP contribution in [-0.4, -0.2) is 30.1 Å². The van der Waals surface area contributed by atoms with Crippen molar-refractivity contribution in [1.82, 2.24) is 4.90 Å². The van der Waals surface area contributed by atoms with Gasteiger partial charge in [-0.15, -0.1) is 0 Å². The summed E-state index contributed by atoms with van der Waals surface area (Å²) in [6.07, 6.45) is 8.67. The number of piperidine rings is 1. The molecule has 0 aromatic carbocycles. The van der Waals surface area contributed by atoms with Crippen molar-refractivity contribution < 1.29 is 0 Å². The standard InChI is InChI=1S/C12H22N2/c13-7-10-5-11-3-4-12(6-10)14(11)8-9-1-2-9/h9-12H,1-8,13H2/t10?,11-,12+. The lowest BCUT2D eigenvalue weighted by Crippen LogP contribution is -2.45. The molecule has 0 aromatic rings. The Bertz CT molecular complexity index is 198. The molecule has 1 aliphatic carbocycles. The fourth-order valence-electron chi connectivity index (χ4n) is 3.48. The summed E-state index contributed by atoms with van der Waals surface area (Å²) in [4.78, 5) is 2.82. The van der Waals surface area contributed by atoms with Gasteiger partial charge in [-0.25, -0.2) is 0 Å². The third-order valence-electron chi connectivity index (χ3n) is 4.48. The number of hydrogen-bond acceptors (Lipinski definition) is 2. The zero-order chi connectivity index (χ0) is 9.54. The molecule has 2 nitrogen and oxygen atoms in total. The molecule has 1 unspecified atom stereocenters. The molecular weight excluding hydrogens is 172 g/mol. The van der Waals surface area contributed by atoms with E-state index in [9.17, 15) is 0 Å². The average molecular weight is 194 g/mol. The van der Waals surface area contributed by atoms with Gasteiger partial charge in [0.25, 0.3) is 0 Å². The molecule has 0 aromatic heterocycles. The van der Waals surface area contributed by atoms with Gasteiger partial charge in [-0.1, -0.05) is 0 Å². The fraction of sp³-hybridized carbons (Fsp3) is 1.00. The van der Waals surface area contributed by atoms with Gasteiger partial charge in [0.2, 0.25) is 0 Å². The number of nitrogens with two attached hydrogens (primary N) is 1. The van der Waals surface area contributed by atoms with Gasteiger partial charge in [0.05, 0.1) is 0 Å². The van der Waals surface area contributed by atoms with E-state index in [-0.39, 0.29) is 0 Å². The maximum absolute atomic E-state index is 5.80. The van der Waals surface area contributed by atoms with Gasteiger partial charge in [-0.3, -0.25) is 4.90 Å². The Morgan fingerprint density at radius 1 is 0.929 bits per heavy atom. The monoisotopic (exact) mass is 194 g/mol. The molecule has 2 aliphatic heterocycles. The van der Waals surface area contributed by atoms with E-state index in [1.165, 1.54) is 45.1 Å². The summed E-state index contributed by atoms with van der Waals surface area (Å²) in [5.74, 6) is 1.90. The van der Waals surface area contributed by atoms with E-state index < -0.39 is 0 Å². The zero-order valence-electron chi connectivity index (χ0n) is 8.99. The molecule has 3 atom stereocenters. The van der Waals surface area contributed by atoms with Crippen LogP contribution in [0.1, 0.15) is 38.5 Å². The number of hydrogen-bond donors (Lipinski definition) is 1. The third kappa shape index (κ3) is 1.59. The molecule has 1 saturated carbocycles. The molecule has 80 valence electrons. The van der Waals surface area contributed by atoms with Crippen LogP contribution in [0, 0.1) is 11.8 Å². The van der Waals surface area contributed by atoms with Gasteiger partial charge in [0.15, 0.2) is 0 Å².